The molecule has 0 aliphatic carbocycles. The summed E-state index contributed by atoms with van der Waals surface area (Å²) in [6, 6.07) is 9.84. The van der Waals surface area contributed by atoms with Crippen LogP contribution in [0.4, 0.5) is 0 Å². The fourth-order valence-corrected chi connectivity index (χ4v) is 2.83. The van der Waals surface area contributed by atoms with Crippen molar-refractivity contribution in [2.24, 2.45) is 0 Å². The van der Waals surface area contributed by atoms with E-state index < -0.39 is 0 Å². The highest BCUT2D eigenvalue weighted by Crippen LogP contribution is 2.28. The van der Waals surface area contributed by atoms with Crippen molar-refractivity contribution in [1.29, 1.82) is 0 Å². The quantitative estimate of drug-likeness (QED) is 0.656. The molecule has 2 aromatic heterocycles. The number of halogens is 2. The summed E-state index contributed by atoms with van der Waals surface area (Å²) in [6.45, 7) is 2.73. The molecule has 1 aromatic carbocycles. The molecule has 0 saturated carbocycles. The molecular weight excluding hydrogens is 305 g/mol. The van der Waals surface area contributed by atoms with Crippen molar-refractivity contribution in [2.45, 2.75) is 25.3 Å². The lowest BCUT2D eigenvalue weighted by molar-refractivity contribution is 0.667. The second-order valence-corrected chi connectivity index (χ2v) is 6.02. The summed E-state index contributed by atoms with van der Waals surface area (Å²) < 4.78 is 2.14. The van der Waals surface area contributed by atoms with E-state index in [1.165, 1.54) is 5.56 Å². The van der Waals surface area contributed by atoms with Crippen LogP contribution >= 0.6 is 23.2 Å². The number of alkyl halides is 1. The lowest BCUT2D eigenvalue weighted by Gasteiger charge is -2.10. The third-order valence-electron chi connectivity index (χ3n) is 3.46. The molecule has 0 spiro atoms. The van der Waals surface area contributed by atoms with Gasteiger partial charge in [-0.2, -0.15) is 0 Å². The molecule has 2 heterocycles. The van der Waals surface area contributed by atoms with Crippen molar-refractivity contribution in [3.63, 3.8) is 0 Å². The van der Waals surface area contributed by atoms with E-state index >= 15 is 0 Å². The molecule has 21 heavy (non-hydrogen) atoms. The standard InChI is InChI=1S/C16H15Cl2N3/c1-11(17)16-20-15-13(18)5-2-6-14(15)21(16)9-7-12-4-3-8-19-10-12/h2-6,8,10-11H,7,9H2,1H3. The lowest BCUT2D eigenvalue weighted by atomic mass is 10.2. The van der Waals surface area contributed by atoms with E-state index in [1.54, 1.807) is 6.20 Å². The van der Waals surface area contributed by atoms with E-state index in [4.69, 9.17) is 23.2 Å². The van der Waals surface area contributed by atoms with E-state index in [2.05, 4.69) is 20.6 Å². The molecular formula is C16H15Cl2N3. The first-order chi connectivity index (χ1) is 10.2. The molecule has 1 unspecified atom stereocenters. The van der Waals surface area contributed by atoms with Gasteiger partial charge in [-0.05, 0) is 37.1 Å². The van der Waals surface area contributed by atoms with E-state index in [0.29, 0.717) is 5.02 Å². The van der Waals surface area contributed by atoms with Gasteiger partial charge in [0.25, 0.3) is 0 Å². The van der Waals surface area contributed by atoms with Gasteiger partial charge in [0.1, 0.15) is 11.3 Å². The average molecular weight is 320 g/mol. The molecule has 0 saturated heterocycles. The van der Waals surface area contributed by atoms with Gasteiger partial charge in [0.2, 0.25) is 0 Å². The second kappa shape index (κ2) is 6.04. The molecule has 0 amide bonds. The molecule has 0 fully saturated rings. The summed E-state index contributed by atoms with van der Waals surface area (Å²) in [5, 5.41) is 0.494. The minimum atomic E-state index is -0.164. The normalized spacial score (nSPS) is 12.7. The zero-order chi connectivity index (χ0) is 14.8. The van der Waals surface area contributed by atoms with Gasteiger partial charge in [0, 0.05) is 18.9 Å². The Kier molecular flexibility index (Phi) is 4.13. The number of rotatable bonds is 4. The van der Waals surface area contributed by atoms with Crippen molar-refractivity contribution < 1.29 is 0 Å². The van der Waals surface area contributed by atoms with Gasteiger partial charge >= 0.3 is 0 Å². The maximum absolute atomic E-state index is 6.28. The predicted molar refractivity (Wildman–Crippen MR) is 87.0 cm³/mol. The van der Waals surface area contributed by atoms with Gasteiger partial charge < -0.3 is 4.57 Å². The zero-order valence-corrected chi connectivity index (χ0v) is 13.1. The average Bonchev–Trinajstić information content (AvgIpc) is 2.87. The Morgan fingerprint density at radius 1 is 1.24 bits per heavy atom. The van der Waals surface area contributed by atoms with Crippen LogP contribution in [0.25, 0.3) is 11.0 Å². The van der Waals surface area contributed by atoms with Crippen LogP contribution in [0.15, 0.2) is 42.7 Å². The Hall–Kier alpha value is -1.58. The van der Waals surface area contributed by atoms with Crippen LogP contribution < -0.4 is 0 Å². The van der Waals surface area contributed by atoms with Crippen molar-refractivity contribution in [1.82, 2.24) is 14.5 Å². The van der Waals surface area contributed by atoms with E-state index in [9.17, 15) is 0 Å². The maximum atomic E-state index is 6.28. The van der Waals surface area contributed by atoms with Gasteiger partial charge in [-0.1, -0.05) is 23.7 Å². The smallest absolute Gasteiger partial charge is 0.127 e. The number of fused-ring (bicyclic) bond motifs is 1. The summed E-state index contributed by atoms with van der Waals surface area (Å²) in [7, 11) is 0. The Labute approximate surface area is 133 Å². The maximum Gasteiger partial charge on any atom is 0.127 e. The van der Waals surface area contributed by atoms with Crippen LogP contribution in [0.2, 0.25) is 5.02 Å². The monoisotopic (exact) mass is 319 g/mol. The first-order valence-electron chi connectivity index (χ1n) is 6.84. The Balaban J connectivity index is 2.00. The fraction of sp³-hybridized carbons (Fsp3) is 0.250. The summed E-state index contributed by atoms with van der Waals surface area (Å²) in [4.78, 5) is 8.75. The number of hydrogen-bond donors (Lipinski definition) is 0. The number of benzene rings is 1. The molecule has 3 rings (SSSR count). The van der Waals surface area contributed by atoms with Crippen LogP contribution in [-0.2, 0) is 13.0 Å². The van der Waals surface area contributed by atoms with Crippen molar-refractivity contribution in [3.05, 3.63) is 59.1 Å². The first-order valence-corrected chi connectivity index (χ1v) is 7.66. The number of para-hydroxylation sites is 1. The van der Waals surface area contributed by atoms with Crippen molar-refractivity contribution >= 4 is 34.2 Å². The van der Waals surface area contributed by atoms with Crippen molar-refractivity contribution in [3.8, 4) is 0 Å². The molecule has 3 nitrogen and oxygen atoms in total. The Bertz CT molecular complexity index is 751. The predicted octanol–water partition coefficient (Wildman–Crippen LogP) is 4.63. The third kappa shape index (κ3) is 2.89. The highest BCUT2D eigenvalue weighted by molar-refractivity contribution is 6.35. The highest BCUT2D eigenvalue weighted by Gasteiger charge is 2.16. The summed E-state index contributed by atoms with van der Waals surface area (Å²) in [5.74, 6) is 0.851. The van der Waals surface area contributed by atoms with Gasteiger partial charge in [-0.3, -0.25) is 4.98 Å². The van der Waals surface area contributed by atoms with Gasteiger partial charge in [0.05, 0.1) is 15.9 Å². The second-order valence-electron chi connectivity index (χ2n) is 4.96. The zero-order valence-electron chi connectivity index (χ0n) is 11.6. The molecule has 3 aromatic rings. The molecule has 1 atom stereocenters. The number of hydrogen-bond acceptors (Lipinski definition) is 2. The Morgan fingerprint density at radius 2 is 2.10 bits per heavy atom. The van der Waals surface area contributed by atoms with Crippen LogP contribution in [0, 0.1) is 0 Å². The third-order valence-corrected chi connectivity index (χ3v) is 3.96. The molecule has 108 valence electrons. The van der Waals surface area contributed by atoms with Gasteiger partial charge in [-0.15, -0.1) is 11.6 Å². The molecule has 0 radical (unpaired) electrons. The number of nitrogens with zero attached hydrogens (tertiary/aromatic N) is 3. The summed E-state index contributed by atoms with van der Waals surface area (Å²) >= 11 is 12.5. The molecule has 0 bridgehead atoms. The number of imidazole rings is 1. The SMILES string of the molecule is CC(Cl)c1nc2c(Cl)cccc2n1CCc1cccnc1. The van der Waals surface area contributed by atoms with E-state index in [1.807, 2.05) is 37.4 Å². The lowest BCUT2D eigenvalue weighted by Crippen LogP contribution is -2.07. The summed E-state index contributed by atoms with van der Waals surface area (Å²) in [6.07, 6.45) is 4.54. The topological polar surface area (TPSA) is 30.7 Å². The molecule has 0 aliphatic rings. The van der Waals surface area contributed by atoms with Crippen LogP contribution in [-0.4, -0.2) is 14.5 Å². The van der Waals surface area contributed by atoms with Gasteiger partial charge in [0.15, 0.2) is 0 Å². The molecule has 5 heteroatoms. The van der Waals surface area contributed by atoms with Crippen LogP contribution in [0.3, 0.4) is 0 Å². The van der Waals surface area contributed by atoms with E-state index in [-0.39, 0.29) is 5.38 Å². The summed E-state index contributed by atoms with van der Waals surface area (Å²) in [5.41, 5.74) is 3.02. The van der Waals surface area contributed by atoms with Crippen LogP contribution in [0.1, 0.15) is 23.7 Å². The number of pyridine rings is 1. The van der Waals surface area contributed by atoms with E-state index in [0.717, 1.165) is 29.8 Å². The fourth-order valence-electron chi connectivity index (χ4n) is 2.46. The first kappa shape index (κ1) is 14.4. The highest BCUT2D eigenvalue weighted by atomic mass is 35.5. The molecule has 0 aliphatic heterocycles. The molecule has 0 N–H and O–H groups in total. The van der Waals surface area contributed by atoms with Crippen LogP contribution in [0.5, 0.6) is 0 Å². The largest absolute Gasteiger partial charge is 0.326 e. The Morgan fingerprint density at radius 3 is 2.81 bits per heavy atom. The van der Waals surface area contributed by atoms with Crippen molar-refractivity contribution in [2.75, 3.05) is 0 Å². The number of aromatic nitrogens is 3. The minimum absolute atomic E-state index is 0.164. The minimum Gasteiger partial charge on any atom is -0.326 e. The number of aryl methyl sites for hydroxylation is 2. The van der Waals surface area contributed by atoms with Gasteiger partial charge in [-0.25, -0.2) is 4.98 Å².